The first-order valence-electron chi connectivity index (χ1n) is 6.61. The van der Waals surface area contributed by atoms with Gasteiger partial charge in [0.15, 0.2) is 0 Å². The minimum absolute atomic E-state index is 0.0173. The van der Waals surface area contributed by atoms with Gasteiger partial charge in [-0.1, -0.05) is 11.6 Å². The highest BCUT2D eigenvalue weighted by atomic mass is 35.5. The van der Waals surface area contributed by atoms with Gasteiger partial charge in [0.1, 0.15) is 10.9 Å². The Morgan fingerprint density at radius 2 is 2.30 bits per heavy atom. The Hall–Kier alpha value is -1.81. The molecule has 0 atom stereocenters. The summed E-state index contributed by atoms with van der Waals surface area (Å²) in [4.78, 5) is 18.6. The fraction of sp³-hybridized carbons (Fsp3) is 0.333. The van der Waals surface area contributed by atoms with Crippen molar-refractivity contribution in [3.8, 4) is 0 Å². The summed E-state index contributed by atoms with van der Waals surface area (Å²) >= 11 is 5.94. The third-order valence-electron chi connectivity index (χ3n) is 3.32. The largest absolute Gasteiger partial charge is 0.467 e. The van der Waals surface area contributed by atoms with E-state index in [9.17, 15) is 4.79 Å². The maximum atomic E-state index is 12.7. The number of aryl methyl sites for hydroxylation is 1. The van der Waals surface area contributed by atoms with Crippen LogP contribution in [0.1, 0.15) is 34.7 Å². The minimum Gasteiger partial charge on any atom is -0.467 e. The molecule has 0 spiro atoms. The van der Waals surface area contributed by atoms with E-state index in [0.29, 0.717) is 23.3 Å². The van der Waals surface area contributed by atoms with Crippen LogP contribution in [0.25, 0.3) is 0 Å². The molecule has 3 rings (SSSR count). The second-order valence-corrected chi connectivity index (χ2v) is 5.45. The van der Waals surface area contributed by atoms with Crippen LogP contribution in [-0.4, -0.2) is 21.8 Å². The molecule has 0 unspecified atom stereocenters. The van der Waals surface area contributed by atoms with Gasteiger partial charge in [-0.2, -0.15) is 0 Å². The molecular weight excluding hydrogens is 276 g/mol. The van der Waals surface area contributed by atoms with E-state index in [1.165, 1.54) is 0 Å². The molecule has 104 valence electrons. The molecule has 1 fully saturated rings. The van der Waals surface area contributed by atoms with Gasteiger partial charge in [-0.3, -0.25) is 4.79 Å². The molecule has 0 N–H and O–H groups in total. The number of aromatic nitrogens is 1. The molecule has 1 amide bonds. The van der Waals surface area contributed by atoms with E-state index in [4.69, 9.17) is 16.0 Å². The van der Waals surface area contributed by atoms with Gasteiger partial charge in [0.2, 0.25) is 0 Å². The van der Waals surface area contributed by atoms with Crippen molar-refractivity contribution in [2.75, 3.05) is 0 Å². The summed E-state index contributed by atoms with van der Waals surface area (Å²) in [7, 11) is 0. The molecule has 1 saturated carbocycles. The number of nitrogens with zero attached hydrogens (tertiary/aromatic N) is 2. The van der Waals surface area contributed by atoms with Gasteiger partial charge in [0.05, 0.1) is 12.8 Å². The SMILES string of the molecule is Cc1cc(C(=O)N(Cc2ccco2)C2CC2)cc(Cl)n1. The van der Waals surface area contributed by atoms with Crippen molar-refractivity contribution in [1.82, 2.24) is 9.88 Å². The summed E-state index contributed by atoms with van der Waals surface area (Å²) < 4.78 is 5.34. The molecule has 1 aliphatic carbocycles. The Labute approximate surface area is 122 Å². The molecule has 2 heterocycles. The Morgan fingerprint density at radius 1 is 1.50 bits per heavy atom. The Balaban J connectivity index is 1.85. The highest BCUT2D eigenvalue weighted by Gasteiger charge is 2.33. The predicted molar refractivity (Wildman–Crippen MR) is 75.6 cm³/mol. The number of hydrogen-bond acceptors (Lipinski definition) is 3. The molecule has 0 aliphatic heterocycles. The number of halogens is 1. The first-order valence-corrected chi connectivity index (χ1v) is 6.99. The van der Waals surface area contributed by atoms with E-state index in [2.05, 4.69) is 4.98 Å². The Morgan fingerprint density at radius 3 is 2.90 bits per heavy atom. The lowest BCUT2D eigenvalue weighted by atomic mass is 10.2. The highest BCUT2D eigenvalue weighted by molar-refractivity contribution is 6.29. The lowest BCUT2D eigenvalue weighted by Crippen LogP contribution is -2.32. The van der Waals surface area contributed by atoms with Crippen molar-refractivity contribution in [2.45, 2.75) is 32.4 Å². The number of rotatable bonds is 4. The fourth-order valence-corrected chi connectivity index (χ4v) is 2.49. The standard InChI is InChI=1S/C15H15ClN2O2/c1-10-7-11(8-14(16)17-10)15(19)18(12-4-5-12)9-13-3-2-6-20-13/h2-3,6-8,12H,4-5,9H2,1H3. The molecule has 20 heavy (non-hydrogen) atoms. The number of amides is 1. The van der Waals surface area contributed by atoms with E-state index in [0.717, 1.165) is 24.3 Å². The van der Waals surface area contributed by atoms with E-state index < -0.39 is 0 Å². The molecule has 5 heteroatoms. The summed E-state index contributed by atoms with van der Waals surface area (Å²) in [6.45, 7) is 2.33. The van der Waals surface area contributed by atoms with Gasteiger partial charge < -0.3 is 9.32 Å². The van der Waals surface area contributed by atoms with Crippen LogP contribution in [0, 0.1) is 6.92 Å². The zero-order chi connectivity index (χ0) is 14.1. The van der Waals surface area contributed by atoms with Gasteiger partial charge in [-0.25, -0.2) is 4.98 Å². The van der Waals surface area contributed by atoms with Crippen molar-refractivity contribution in [3.05, 3.63) is 52.7 Å². The number of hydrogen-bond donors (Lipinski definition) is 0. The van der Waals surface area contributed by atoms with Crippen LogP contribution in [0.2, 0.25) is 5.15 Å². The summed E-state index contributed by atoms with van der Waals surface area (Å²) in [5.74, 6) is 0.776. The quantitative estimate of drug-likeness (QED) is 0.810. The molecule has 2 aromatic rings. The van der Waals surface area contributed by atoms with Crippen LogP contribution < -0.4 is 0 Å². The smallest absolute Gasteiger partial charge is 0.254 e. The first-order chi connectivity index (χ1) is 9.63. The van der Waals surface area contributed by atoms with Gasteiger partial charge >= 0.3 is 0 Å². The third kappa shape index (κ3) is 2.85. The molecular formula is C15H15ClN2O2. The van der Waals surface area contributed by atoms with Crippen LogP contribution >= 0.6 is 11.6 Å². The summed E-state index contributed by atoms with van der Waals surface area (Å²) in [6, 6.07) is 7.41. The Bertz CT molecular complexity index is 601. The molecule has 0 bridgehead atoms. The van der Waals surface area contributed by atoms with Crippen molar-refractivity contribution in [2.24, 2.45) is 0 Å². The molecule has 0 radical (unpaired) electrons. The average molecular weight is 291 g/mol. The number of furan rings is 1. The number of pyridine rings is 1. The van der Waals surface area contributed by atoms with Crippen LogP contribution in [0.4, 0.5) is 0 Å². The molecule has 0 saturated heterocycles. The van der Waals surface area contributed by atoms with Crippen molar-refractivity contribution in [3.63, 3.8) is 0 Å². The number of carbonyl (C=O) groups excluding carboxylic acids is 1. The Kier molecular flexibility index (Phi) is 3.49. The third-order valence-corrected chi connectivity index (χ3v) is 3.52. The second-order valence-electron chi connectivity index (χ2n) is 5.06. The van der Waals surface area contributed by atoms with E-state index in [-0.39, 0.29) is 5.91 Å². The van der Waals surface area contributed by atoms with E-state index in [1.54, 1.807) is 18.4 Å². The average Bonchev–Trinajstić information content (AvgIpc) is 3.11. The van der Waals surface area contributed by atoms with Gasteiger partial charge in [-0.15, -0.1) is 0 Å². The fourth-order valence-electron chi connectivity index (χ4n) is 2.24. The maximum Gasteiger partial charge on any atom is 0.254 e. The van der Waals surface area contributed by atoms with Crippen molar-refractivity contribution in [1.29, 1.82) is 0 Å². The molecule has 2 aromatic heterocycles. The number of carbonyl (C=O) groups is 1. The maximum absolute atomic E-state index is 12.7. The first kappa shape index (κ1) is 13.2. The topological polar surface area (TPSA) is 46.3 Å². The van der Waals surface area contributed by atoms with Gasteiger partial charge in [-0.05, 0) is 44.0 Å². The lowest BCUT2D eigenvalue weighted by molar-refractivity contribution is 0.0717. The van der Waals surface area contributed by atoms with Gasteiger partial charge in [0, 0.05) is 17.3 Å². The molecule has 0 aromatic carbocycles. The van der Waals surface area contributed by atoms with Crippen LogP contribution in [0.3, 0.4) is 0 Å². The zero-order valence-electron chi connectivity index (χ0n) is 11.2. The summed E-state index contributed by atoms with van der Waals surface area (Å²) in [6.07, 6.45) is 3.72. The summed E-state index contributed by atoms with van der Waals surface area (Å²) in [5.41, 5.74) is 1.33. The van der Waals surface area contributed by atoms with E-state index in [1.807, 2.05) is 24.0 Å². The van der Waals surface area contributed by atoms with Crippen molar-refractivity contribution < 1.29 is 9.21 Å². The van der Waals surface area contributed by atoms with Crippen LogP contribution in [0.5, 0.6) is 0 Å². The van der Waals surface area contributed by atoms with Crippen molar-refractivity contribution >= 4 is 17.5 Å². The van der Waals surface area contributed by atoms with Gasteiger partial charge in [0.25, 0.3) is 5.91 Å². The lowest BCUT2D eigenvalue weighted by Gasteiger charge is -2.21. The normalized spacial score (nSPS) is 14.3. The molecule has 4 nitrogen and oxygen atoms in total. The highest BCUT2D eigenvalue weighted by Crippen LogP contribution is 2.30. The van der Waals surface area contributed by atoms with Crippen LogP contribution in [0.15, 0.2) is 34.9 Å². The van der Waals surface area contributed by atoms with E-state index >= 15 is 0 Å². The molecule has 1 aliphatic rings. The monoisotopic (exact) mass is 290 g/mol. The predicted octanol–water partition coefficient (Wildman–Crippen LogP) is 3.44. The second kappa shape index (κ2) is 5.29. The van der Waals surface area contributed by atoms with Crippen LogP contribution in [-0.2, 0) is 6.54 Å². The minimum atomic E-state index is -0.0173. The zero-order valence-corrected chi connectivity index (χ0v) is 11.9. The summed E-state index contributed by atoms with van der Waals surface area (Å²) in [5, 5.41) is 0.349.